The van der Waals surface area contributed by atoms with Crippen LogP contribution in [-0.4, -0.2) is 24.4 Å². The number of ether oxygens (including phenoxy) is 1. The molecule has 0 aromatic rings. The summed E-state index contributed by atoms with van der Waals surface area (Å²) in [6.45, 7) is 10.0. The highest BCUT2D eigenvalue weighted by Crippen LogP contribution is 2.52. The SMILES string of the molecule is CCCCC[C@@H]1OC[C@]2(CO)[C@H](C)C=C(C)[C@H]1[C@H]2C. The fraction of sp³-hybridized carbons (Fsp3) is 0.882. The largest absolute Gasteiger partial charge is 0.396 e. The van der Waals surface area contributed by atoms with Crippen LogP contribution in [0.1, 0.15) is 53.4 Å². The second-order valence-corrected chi connectivity index (χ2v) is 6.75. The molecule has 0 spiro atoms. The zero-order valence-corrected chi connectivity index (χ0v) is 13.0. The molecular formula is C17H30O2. The second-order valence-electron chi connectivity index (χ2n) is 6.75. The Balaban J connectivity index is 2.17. The summed E-state index contributed by atoms with van der Waals surface area (Å²) in [5.74, 6) is 1.45. The van der Waals surface area contributed by atoms with Gasteiger partial charge in [-0.2, -0.15) is 0 Å². The molecule has 0 saturated carbocycles. The Morgan fingerprint density at radius 3 is 2.74 bits per heavy atom. The van der Waals surface area contributed by atoms with Crippen LogP contribution >= 0.6 is 0 Å². The van der Waals surface area contributed by atoms with Gasteiger partial charge in [0.2, 0.25) is 0 Å². The van der Waals surface area contributed by atoms with Crippen molar-refractivity contribution < 1.29 is 9.84 Å². The van der Waals surface area contributed by atoms with Crippen molar-refractivity contribution in [3.63, 3.8) is 0 Å². The molecular weight excluding hydrogens is 236 g/mol. The molecule has 1 fully saturated rings. The molecule has 2 aliphatic rings. The van der Waals surface area contributed by atoms with E-state index in [1.54, 1.807) is 0 Å². The molecule has 1 heterocycles. The van der Waals surface area contributed by atoms with Crippen molar-refractivity contribution in [1.29, 1.82) is 0 Å². The fourth-order valence-electron chi connectivity index (χ4n) is 4.27. The van der Waals surface area contributed by atoms with E-state index in [1.165, 1.54) is 31.3 Å². The first-order chi connectivity index (χ1) is 9.06. The third-order valence-electron chi connectivity index (χ3n) is 5.74. The van der Waals surface area contributed by atoms with Gasteiger partial charge in [-0.3, -0.25) is 0 Å². The minimum absolute atomic E-state index is 0.0502. The van der Waals surface area contributed by atoms with E-state index in [0.717, 1.165) is 6.61 Å². The van der Waals surface area contributed by atoms with Gasteiger partial charge in [-0.05, 0) is 25.2 Å². The first-order valence-electron chi connectivity index (χ1n) is 7.97. The number of aliphatic hydroxyl groups is 1. The lowest BCUT2D eigenvalue weighted by molar-refractivity contribution is -0.164. The summed E-state index contributed by atoms with van der Waals surface area (Å²) in [5.41, 5.74) is 1.43. The molecule has 2 nitrogen and oxygen atoms in total. The van der Waals surface area contributed by atoms with Gasteiger partial charge in [0.25, 0.3) is 0 Å². The quantitative estimate of drug-likeness (QED) is 0.606. The van der Waals surface area contributed by atoms with Gasteiger partial charge in [0.1, 0.15) is 0 Å². The lowest BCUT2D eigenvalue weighted by atomic mass is 9.56. The van der Waals surface area contributed by atoms with Crippen molar-refractivity contribution in [2.75, 3.05) is 13.2 Å². The molecule has 0 unspecified atom stereocenters. The predicted octanol–water partition coefficient (Wildman–Crippen LogP) is 3.79. The maximum Gasteiger partial charge on any atom is 0.0643 e. The molecule has 19 heavy (non-hydrogen) atoms. The average Bonchev–Trinajstić information content (AvgIpc) is 2.38. The summed E-state index contributed by atoms with van der Waals surface area (Å²) in [6.07, 6.45) is 7.74. The van der Waals surface area contributed by atoms with E-state index in [2.05, 4.69) is 33.8 Å². The van der Waals surface area contributed by atoms with Crippen molar-refractivity contribution in [3.8, 4) is 0 Å². The monoisotopic (exact) mass is 266 g/mol. The highest BCUT2D eigenvalue weighted by atomic mass is 16.5. The second kappa shape index (κ2) is 5.97. The number of fused-ring (bicyclic) bond motifs is 2. The average molecular weight is 266 g/mol. The van der Waals surface area contributed by atoms with Crippen LogP contribution < -0.4 is 0 Å². The van der Waals surface area contributed by atoms with E-state index in [4.69, 9.17) is 4.74 Å². The van der Waals surface area contributed by atoms with Crippen molar-refractivity contribution >= 4 is 0 Å². The number of hydrogen-bond donors (Lipinski definition) is 1. The Bertz CT molecular complexity index is 336. The van der Waals surface area contributed by atoms with Gasteiger partial charge in [-0.15, -0.1) is 0 Å². The van der Waals surface area contributed by atoms with Crippen molar-refractivity contribution in [2.24, 2.45) is 23.2 Å². The molecule has 1 N–H and O–H groups in total. The van der Waals surface area contributed by atoms with Crippen LogP contribution in [0.15, 0.2) is 11.6 Å². The first kappa shape index (κ1) is 15.1. The molecule has 0 aromatic heterocycles. The Morgan fingerprint density at radius 1 is 1.37 bits per heavy atom. The van der Waals surface area contributed by atoms with Crippen molar-refractivity contribution in [2.45, 2.75) is 59.5 Å². The van der Waals surface area contributed by atoms with E-state index >= 15 is 0 Å². The summed E-state index contributed by atoms with van der Waals surface area (Å²) in [5, 5.41) is 9.91. The van der Waals surface area contributed by atoms with Gasteiger partial charge in [-0.25, -0.2) is 0 Å². The molecule has 110 valence electrons. The predicted molar refractivity (Wildman–Crippen MR) is 79.0 cm³/mol. The van der Waals surface area contributed by atoms with Gasteiger partial charge >= 0.3 is 0 Å². The van der Waals surface area contributed by atoms with Crippen molar-refractivity contribution in [3.05, 3.63) is 11.6 Å². The normalized spacial score (nSPS) is 42.1. The lowest BCUT2D eigenvalue weighted by Crippen LogP contribution is -2.56. The van der Waals surface area contributed by atoms with Crippen LogP contribution in [0.2, 0.25) is 0 Å². The third-order valence-corrected chi connectivity index (χ3v) is 5.74. The molecule has 2 bridgehead atoms. The first-order valence-corrected chi connectivity index (χ1v) is 7.97. The molecule has 2 rings (SSSR count). The standard InChI is InChI=1S/C17H30O2/c1-5-6-7-8-15-16-12(2)9-13(3)17(10-18,11-19-15)14(16)4/h9,13-16,18H,5-8,10-11H2,1-4H3/t13-,14-,15+,16+,17-/m1/s1. The van der Waals surface area contributed by atoms with Gasteiger partial charge in [0.05, 0.1) is 19.3 Å². The number of rotatable bonds is 5. The van der Waals surface area contributed by atoms with Crippen LogP contribution in [0, 0.1) is 23.2 Å². The summed E-state index contributed by atoms with van der Waals surface area (Å²) >= 11 is 0. The van der Waals surface area contributed by atoms with E-state index < -0.39 is 0 Å². The molecule has 2 heteroatoms. The Kier molecular flexibility index (Phi) is 4.73. The zero-order valence-electron chi connectivity index (χ0n) is 13.0. The molecule has 1 saturated heterocycles. The minimum Gasteiger partial charge on any atom is -0.396 e. The number of unbranched alkanes of at least 4 members (excludes halogenated alkanes) is 2. The highest BCUT2D eigenvalue weighted by Gasteiger charge is 2.52. The summed E-state index contributed by atoms with van der Waals surface area (Å²) in [4.78, 5) is 0. The molecule has 0 amide bonds. The van der Waals surface area contributed by atoms with Crippen LogP contribution in [0.4, 0.5) is 0 Å². The lowest BCUT2D eigenvalue weighted by Gasteiger charge is -2.55. The molecule has 1 aliphatic carbocycles. The Labute approximate surface area is 118 Å². The van der Waals surface area contributed by atoms with Crippen LogP contribution in [0.3, 0.4) is 0 Å². The topological polar surface area (TPSA) is 29.5 Å². The smallest absolute Gasteiger partial charge is 0.0643 e. The summed E-state index contributed by atoms with van der Waals surface area (Å²) < 4.78 is 6.20. The minimum atomic E-state index is -0.0502. The van der Waals surface area contributed by atoms with E-state index in [-0.39, 0.29) is 12.0 Å². The van der Waals surface area contributed by atoms with Crippen LogP contribution in [-0.2, 0) is 4.74 Å². The molecule has 0 radical (unpaired) electrons. The van der Waals surface area contributed by atoms with Gasteiger partial charge in [-0.1, -0.05) is 51.7 Å². The van der Waals surface area contributed by atoms with E-state index in [1.807, 2.05) is 0 Å². The molecule has 1 aliphatic heterocycles. The van der Waals surface area contributed by atoms with E-state index in [9.17, 15) is 5.11 Å². The molecule has 0 aromatic carbocycles. The summed E-state index contributed by atoms with van der Waals surface area (Å²) in [7, 11) is 0. The van der Waals surface area contributed by atoms with Crippen LogP contribution in [0.25, 0.3) is 0 Å². The van der Waals surface area contributed by atoms with Crippen LogP contribution in [0.5, 0.6) is 0 Å². The highest BCUT2D eigenvalue weighted by molar-refractivity contribution is 5.20. The van der Waals surface area contributed by atoms with Crippen molar-refractivity contribution in [1.82, 2.24) is 0 Å². The zero-order chi connectivity index (χ0) is 14.0. The van der Waals surface area contributed by atoms with Gasteiger partial charge < -0.3 is 9.84 Å². The van der Waals surface area contributed by atoms with E-state index in [0.29, 0.717) is 23.9 Å². The number of allylic oxidation sites excluding steroid dienone is 1. The number of hydrogen-bond acceptors (Lipinski definition) is 2. The Morgan fingerprint density at radius 2 is 2.11 bits per heavy atom. The maximum absolute atomic E-state index is 9.91. The number of aliphatic hydroxyl groups excluding tert-OH is 1. The van der Waals surface area contributed by atoms with Gasteiger partial charge in [0, 0.05) is 11.3 Å². The fourth-order valence-corrected chi connectivity index (χ4v) is 4.27. The van der Waals surface area contributed by atoms with Gasteiger partial charge in [0.15, 0.2) is 0 Å². The maximum atomic E-state index is 9.91. The third kappa shape index (κ3) is 2.50. The Hall–Kier alpha value is -0.340. The molecule has 5 atom stereocenters. The summed E-state index contributed by atoms with van der Waals surface area (Å²) in [6, 6.07) is 0.